The molecule has 0 aromatic heterocycles. The minimum Gasteiger partial charge on any atom is -0.316 e. The van der Waals surface area contributed by atoms with Gasteiger partial charge in [-0.2, -0.15) is 0 Å². The van der Waals surface area contributed by atoms with Crippen LogP contribution in [0.25, 0.3) is 0 Å². The second-order valence-corrected chi connectivity index (χ2v) is 6.32. The molecule has 1 unspecified atom stereocenters. The highest BCUT2D eigenvalue weighted by molar-refractivity contribution is 4.67. The first-order valence-corrected chi connectivity index (χ1v) is 6.74. The molecule has 98 valence electrons. The van der Waals surface area contributed by atoms with E-state index in [9.17, 15) is 0 Å². The number of likely N-dealkylation sites (N-methyl/N-ethyl adjacent to an activating group) is 2. The molecule has 0 fully saturated rings. The van der Waals surface area contributed by atoms with Gasteiger partial charge in [0.15, 0.2) is 0 Å². The van der Waals surface area contributed by atoms with Gasteiger partial charge < -0.3 is 10.2 Å². The standard InChI is InChI=1S/C14H32N2/c1-7-15-9-11-16(6)10-8-13(2)12-14(3,4)5/h13,15H,7-12H2,1-6H3. The molecule has 0 rings (SSSR count). The summed E-state index contributed by atoms with van der Waals surface area (Å²) in [6.45, 7) is 16.1. The first-order valence-electron chi connectivity index (χ1n) is 6.74. The lowest BCUT2D eigenvalue weighted by molar-refractivity contribution is 0.255. The Morgan fingerprint density at radius 2 is 1.81 bits per heavy atom. The van der Waals surface area contributed by atoms with E-state index in [1.165, 1.54) is 19.4 Å². The SMILES string of the molecule is CCNCCN(C)CCC(C)CC(C)(C)C. The predicted octanol–water partition coefficient (Wildman–Crippen LogP) is 2.99. The van der Waals surface area contributed by atoms with Crippen LogP contribution >= 0.6 is 0 Å². The summed E-state index contributed by atoms with van der Waals surface area (Å²) in [5.74, 6) is 0.835. The molecule has 1 N–H and O–H groups in total. The van der Waals surface area contributed by atoms with Crippen molar-refractivity contribution in [3.05, 3.63) is 0 Å². The van der Waals surface area contributed by atoms with Crippen LogP contribution in [0.5, 0.6) is 0 Å². The molecule has 0 heterocycles. The molecule has 1 atom stereocenters. The largest absolute Gasteiger partial charge is 0.316 e. The maximum Gasteiger partial charge on any atom is 0.0104 e. The molecule has 0 aliphatic heterocycles. The highest BCUT2D eigenvalue weighted by Gasteiger charge is 2.15. The zero-order valence-corrected chi connectivity index (χ0v) is 12.3. The summed E-state index contributed by atoms with van der Waals surface area (Å²) in [6, 6.07) is 0. The highest BCUT2D eigenvalue weighted by atomic mass is 15.1. The Morgan fingerprint density at radius 1 is 1.19 bits per heavy atom. The van der Waals surface area contributed by atoms with Crippen molar-refractivity contribution in [2.75, 3.05) is 33.2 Å². The minimum absolute atomic E-state index is 0.474. The average molecular weight is 228 g/mol. The van der Waals surface area contributed by atoms with Crippen molar-refractivity contribution in [1.29, 1.82) is 0 Å². The lowest BCUT2D eigenvalue weighted by Gasteiger charge is -2.25. The summed E-state index contributed by atoms with van der Waals surface area (Å²) in [5.41, 5.74) is 0.474. The van der Waals surface area contributed by atoms with Crippen LogP contribution in [-0.2, 0) is 0 Å². The molecule has 2 heteroatoms. The third-order valence-corrected chi connectivity index (χ3v) is 2.88. The van der Waals surface area contributed by atoms with E-state index in [0.29, 0.717) is 5.41 Å². The van der Waals surface area contributed by atoms with Gasteiger partial charge in [0.05, 0.1) is 0 Å². The lowest BCUT2D eigenvalue weighted by Crippen LogP contribution is -2.30. The second kappa shape index (κ2) is 8.08. The summed E-state index contributed by atoms with van der Waals surface area (Å²) in [6.07, 6.45) is 2.65. The van der Waals surface area contributed by atoms with Crippen LogP contribution in [0.1, 0.15) is 47.5 Å². The molecule has 0 amide bonds. The highest BCUT2D eigenvalue weighted by Crippen LogP contribution is 2.25. The van der Waals surface area contributed by atoms with Crippen molar-refractivity contribution >= 4 is 0 Å². The van der Waals surface area contributed by atoms with Gasteiger partial charge in [0.2, 0.25) is 0 Å². The zero-order valence-electron chi connectivity index (χ0n) is 12.3. The average Bonchev–Trinajstić information content (AvgIpc) is 2.12. The van der Waals surface area contributed by atoms with E-state index in [2.05, 4.69) is 51.9 Å². The summed E-state index contributed by atoms with van der Waals surface area (Å²) in [7, 11) is 2.22. The van der Waals surface area contributed by atoms with Crippen molar-refractivity contribution in [1.82, 2.24) is 10.2 Å². The lowest BCUT2D eigenvalue weighted by atomic mass is 9.84. The summed E-state index contributed by atoms with van der Waals surface area (Å²) in [4.78, 5) is 2.43. The topological polar surface area (TPSA) is 15.3 Å². The second-order valence-electron chi connectivity index (χ2n) is 6.32. The van der Waals surface area contributed by atoms with Gasteiger partial charge in [0.1, 0.15) is 0 Å². The van der Waals surface area contributed by atoms with E-state index >= 15 is 0 Å². The van der Waals surface area contributed by atoms with Crippen molar-refractivity contribution in [3.8, 4) is 0 Å². The van der Waals surface area contributed by atoms with Gasteiger partial charge >= 0.3 is 0 Å². The smallest absolute Gasteiger partial charge is 0.0104 e. The summed E-state index contributed by atoms with van der Waals surface area (Å²) < 4.78 is 0. The minimum atomic E-state index is 0.474. The molecule has 0 aromatic carbocycles. The molecule has 0 aromatic rings. The maximum absolute atomic E-state index is 3.36. The maximum atomic E-state index is 3.36. The number of nitrogens with zero attached hydrogens (tertiary/aromatic N) is 1. The van der Waals surface area contributed by atoms with Crippen molar-refractivity contribution in [2.45, 2.75) is 47.5 Å². The number of rotatable bonds is 8. The van der Waals surface area contributed by atoms with E-state index in [4.69, 9.17) is 0 Å². The molecule has 16 heavy (non-hydrogen) atoms. The fourth-order valence-electron chi connectivity index (χ4n) is 2.15. The fourth-order valence-corrected chi connectivity index (χ4v) is 2.15. The van der Waals surface area contributed by atoms with Crippen LogP contribution in [0.3, 0.4) is 0 Å². The van der Waals surface area contributed by atoms with Gasteiger partial charge in [0.25, 0.3) is 0 Å². The van der Waals surface area contributed by atoms with Gasteiger partial charge in [-0.05, 0) is 44.3 Å². The molecule has 0 aliphatic carbocycles. The summed E-state index contributed by atoms with van der Waals surface area (Å²) >= 11 is 0. The van der Waals surface area contributed by atoms with E-state index in [1.54, 1.807) is 0 Å². The van der Waals surface area contributed by atoms with Crippen LogP contribution in [0.2, 0.25) is 0 Å². The normalized spacial score (nSPS) is 14.4. The molecular weight excluding hydrogens is 196 g/mol. The molecule has 0 radical (unpaired) electrons. The monoisotopic (exact) mass is 228 g/mol. The number of hydrogen-bond donors (Lipinski definition) is 1. The zero-order chi connectivity index (χ0) is 12.6. The van der Waals surface area contributed by atoms with Crippen molar-refractivity contribution in [2.24, 2.45) is 11.3 Å². The Labute approximate surface area is 103 Å². The number of nitrogens with one attached hydrogen (secondary N) is 1. The Kier molecular flexibility index (Phi) is 8.04. The third kappa shape index (κ3) is 10.4. The van der Waals surface area contributed by atoms with Gasteiger partial charge in [-0.25, -0.2) is 0 Å². The third-order valence-electron chi connectivity index (χ3n) is 2.88. The Bertz CT molecular complexity index is 161. The Hall–Kier alpha value is -0.0800. The van der Waals surface area contributed by atoms with Gasteiger partial charge in [-0.1, -0.05) is 34.6 Å². The predicted molar refractivity (Wildman–Crippen MR) is 73.9 cm³/mol. The molecule has 0 saturated carbocycles. The van der Waals surface area contributed by atoms with Crippen LogP contribution < -0.4 is 5.32 Å². The summed E-state index contributed by atoms with van der Waals surface area (Å²) in [5, 5.41) is 3.36. The molecule has 0 spiro atoms. The van der Waals surface area contributed by atoms with E-state index < -0.39 is 0 Å². The first kappa shape index (κ1) is 15.9. The Morgan fingerprint density at radius 3 is 2.31 bits per heavy atom. The van der Waals surface area contributed by atoms with Crippen LogP contribution in [0.15, 0.2) is 0 Å². The van der Waals surface area contributed by atoms with Gasteiger partial charge in [0, 0.05) is 13.1 Å². The van der Waals surface area contributed by atoms with Crippen molar-refractivity contribution in [3.63, 3.8) is 0 Å². The molecular formula is C14H32N2. The molecule has 0 bridgehead atoms. The Balaban J connectivity index is 3.55. The van der Waals surface area contributed by atoms with E-state index in [-0.39, 0.29) is 0 Å². The van der Waals surface area contributed by atoms with Crippen molar-refractivity contribution < 1.29 is 0 Å². The quantitative estimate of drug-likeness (QED) is 0.643. The van der Waals surface area contributed by atoms with Gasteiger partial charge in [-0.15, -0.1) is 0 Å². The fraction of sp³-hybridized carbons (Fsp3) is 1.00. The van der Waals surface area contributed by atoms with Crippen LogP contribution in [0, 0.1) is 11.3 Å². The molecule has 0 saturated heterocycles. The molecule has 2 nitrogen and oxygen atoms in total. The van der Waals surface area contributed by atoms with E-state index in [0.717, 1.165) is 25.6 Å². The van der Waals surface area contributed by atoms with Crippen LogP contribution in [-0.4, -0.2) is 38.1 Å². The van der Waals surface area contributed by atoms with Crippen LogP contribution in [0.4, 0.5) is 0 Å². The molecule has 0 aliphatic rings. The number of hydrogen-bond acceptors (Lipinski definition) is 2. The van der Waals surface area contributed by atoms with E-state index in [1.807, 2.05) is 0 Å². The first-order chi connectivity index (χ1) is 7.35. The van der Waals surface area contributed by atoms with Gasteiger partial charge in [-0.3, -0.25) is 0 Å².